The Morgan fingerprint density at radius 2 is 2.00 bits per heavy atom. The first kappa shape index (κ1) is 26.8. The van der Waals surface area contributed by atoms with Crippen molar-refractivity contribution in [2.75, 3.05) is 60.8 Å². The summed E-state index contributed by atoms with van der Waals surface area (Å²) >= 11 is 0. The van der Waals surface area contributed by atoms with E-state index in [-0.39, 0.29) is 24.0 Å². The Morgan fingerprint density at radius 3 is 2.67 bits per heavy atom. The number of ether oxygens (including phenoxy) is 4. The molecule has 1 aromatic rings. The number of nitrogens with one attached hydrogen (secondary N) is 1. The molecule has 8 heteroatoms. The minimum Gasteiger partial charge on any atom is -0.497 e. The van der Waals surface area contributed by atoms with E-state index in [2.05, 4.69) is 17.1 Å². The first-order chi connectivity index (χ1) is 14.2. The van der Waals surface area contributed by atoms with Gasteiger partial charge in [0.1, 0.15) is 11.5 Å². The van der Waals surface area contributed by atoms with E-state index in [4.69, 9.17) is 23.9 Å². The van der Waals surface area contributed by atoms with Gasteiger partial charge in [0.15, 0.2) is 5.96 Å². The second-order valence-electron chi connectivity index (χ2n) is 7.25. The zero-order valence-corrected chi connectivity index (χ0v) is 21.1. The van der Waals surface area contributed by atoms with Crippen molar-refractivity contribution in [1.29, 1.82) is 0 Å². The van der Waals surface area contributed by atoms with Gasteiger partial charge in [-0.25, -0.2) is 0 Å². The number of nitrogens with zero attached hydrogens (tertiary/aromatic N) is 2. The quantitative estimate of drug-likeness (QED) is 0.203. The second-order valence-corrected chi connectivity index (χ2v) is 7.25. The van der Waals surface area contributed by atoms with Gasteiger partial charge in [0.25, 0.3) is 0 Å². The van der Waals surface area contributed by atoms with Crippen molar-refractivity contribution in [3.05, 3.63) is 23.8 Å². The minimum absolute atomic E-state index is 0. The lowest BCUT2D eigenvalue weighted by Gasteiger charge is -2.23. The number of guanidine groups is 1. The van der Waals surface area contributed by atoms with Crippen LogP contribution in [0.25, 0.3) is 0 Å². The van der Waals surface area contributed by atoms with Crippen LogP contribution in [0.4, 0.5) is 0 Å². The smallest absolute Gasteiger partial charge is 0.193 e. The monoisotopic (exact) mass is 535 g/mol. The van der Waals surface area contributed by atoms with Crippen molar-refractivity contribution in [3.63, 3.8) is 0 Å². The molecular weight excluding hydrogens is 497 g/mol. The molecule has 0 aromatic heterocycles. The maximum atomic E-state index is 5.84. The average Bonchev–Trinajstić information content (AvgIpc) is 2.76. The van der Waals surface area contributed by atoms with Gasteiger partial charge in [-0.05, 0) is 44.2 Å². The van der Waals surface area contributed by atoms with E-state index in [1.54, 1.807) is 14.2 Å². The van der Waals surface area contributed by atoms with Crippen molar-refractivity contribution >= 4 is 29.9 Å². The van der Waals surface area contributed by atoms with Gasteiger partial charge < -0.3 is 29.2 Å². The highest BCUT2D eigenvalue weighted by atomic mass is 127. The third-order valence-electron chi connectivity index (χ3n) is 5.00. The number of hydrogen-bond donors (Lipinski definition) is 1. The van der Waals surface area contributed by atoms with Gasteiger partial charge in [0.2, 0.25) is 0 Å². The number of methoxy groups -OCH3 is 2. The zero-order valence-electron chi connectivity index (χ0n) is 18.8. The van der Waals surface area contributed by atoms with E-state index >= 15 is 0 Å². The lowest BCUT2D eigenvalue weighted by atomic mass is 10.0. The van der Waals surface area contributed by atoms with Crippen molar-refractivity contribution in [2.45, 2.75) is 32.7 Å². The fourth-order valence-corrected chi connectivity index (χ4v) is 3.30. The number of benzene rings is 1. The van der Waals surface area contributed by atoms with Gasteiger partial charge in [0.05, 0.1) is 14.2 Å². The second kappa shape index (κ2) is 15.5. The Hall–Kier alpha value is -1.26. The number of aliphatic imine (C=N–C) groups is 1. The minimum atomic E-state index is 0. The molecule has 1 aromatic carbocycles. The van der Waals surface area contributed by atoms with Crippen molar-refractivity contribution in [1.82, 2.24) is 10.2 Å². The summed E-state index contributed by atoms with van der Waals surface area (Å²) in [6, 6.07) is 5.89. The van der Waals surface area contributed by atoms with E-state index in [1.807, 2.05) is 25.2 Å². The molecule has 0 spiro atoms. The topological polar surface area (TPSA) is 64.6 Å². The maximum absolute atomic E-state index is 5.84. The van der Waals surface area contributed by atoms with Crippen LogP contribution >= 0.6 is 24.0 Å². The lowest BCUT2D eigenvalue weighted by Crippen LogP contribution is -2.38. The van der Waals surface area contributed by atoms with Crippen LogP contribution in [-0.2, 0) is 16.0 Å². The SMILES string of the molecule is CCNC(=NCCCOCC1CCOCC1)N(C)Cc1ccc(OC)cc1OC.I. The van der Waals surface area contributed by atoms with Crippen LogP contribution in [0.5, 0.6) is 11.5 Å². The van der Waals surface area contributed by atoms with Gasteiger partial charge in [-0.3, -0.25) is 4.99 Å². The Labute approximate surface area is 198 Å². The number of rotatable bonds is 11. The van der Waals surface area contributed by atoms with Crippen molar-refractivity contribution in [3.8, 4) is 11.5 Å². The van der Waals surface area contributed by atoms with Crippen LogP contribution in [0.2, 0.25) is 0 Å². The molecule has 0 amide bonds. The van der Waals surface area contributed by atoms with Gasteiger partial charge >= 0.3 is 0 Å². The van der Waals surface area contributed by atoms with Crippen LogP contribution in [0, 0.1) is 5.92 Å². The molecule has 0 radical (unpaired) electrons. The summed E-state index contributed by atoms with van der Waals surface area (Å²) < 4.78 is 22.0. The molecule has 0 bridgehead atoms. The highest BCUT2D eigenvalue weighted by molar-refractivity contribution is 14.0. The molecule has 7 nitrogen and oxygen atoms in total. The van der Waals surface area contributed by atoms with E-state index in [1.165, 1.54) is 0 Å². The molecule has 2 rings (SSSR count). The number of hydrogen-bond acceptors (Lipinski definition) is 5. The summed E-state index contributed by atoms with van der Waals surface area (Å²) in [6.45, 7) is 7.66. The standard InChI is InChI=1S/C22H37N3O4.HI/c1-5-23-22(24-11-6-12-29-17-18-9-13-28-14-10-18)25(2)16-19-7-8-20(26-3)15-21(19)27-4;/h7-8,15,18H,5-6,9-14,16-17H2,1-4H3,(H,23,24);1H. The highest BCUT2D eigenvalue weighted by Gasteiger charge is 2.14. The van der Waals surface area contributed by atoms with Crippen molar-refractivity contribution in [2.24, 2.45) is 10.9 Å². The fourth-order valence-electron chi connectivity index (χ4n) is 3.30. The molecule has 1 saturated heterocycles. The van der Waals surface area contributed by atoms with Crippen LogP contribution in [0.15, 0.2) is 23.2 Å². The molecule has 1 aliphatic rings. The zero-order chi connectivity index (χ0) is 20.9. The van der Waals surface area contributed by atoms with Crippen molar-refractivity contribution < 1.29 is 18.9 Å². The summed E-state index contributed by atoms with van der Waals surface area (Å²) in [6.07, 6.45) is 3.14. The molecule has 1 N–H and O–H groups in total. The van der Waals surface area contributed by atoms with Gasteiger partial charge in [-0.15, -0.1) is 24.0 Å². The third kappa shape index (κ3) is 9.26. The predicted octanol–water partition coefficient (Wildman–Crippen LogP) is 3.55. The van der Waals surface area contributed by atoms with E-state index in [9.17, 15) is 0 Å². The maximum Gasteiger partial charge on any atom is 0.193 e. The Morgan fingerprint density at radius 1 is 1.23 bits per heavy atom. The Balaban J connectivity index is 0.00000450. The summed E-state index contributed by atoms with van der Waals surface area (Å²) in [7, 11) is 5.37. The molecule has 172 valence electrons. The largest absolute Gasteiger partial charge is 0.497 e. The van der Waals surface area contributed by atoms with E-state index in [0.29, 0.717) is 12.5 Å². The van der Waals surface area contributed by atoms with Gasteiger partial charge in [0, 0.05) is 64.7 Å². The molecule has 1 heterocycles. The van der Waals surface area contributed by atoms with E-state index in [0.717, 1.165) is 81.8 Å². The van der Waals surface area contributed by atoms with Gasteiger partial charge in [-0.1, -0.05) is 0 Å². The number of halogens is 1. The molecule has 0 aliphatic carbocycles. The first-order valence-electron chi connectivity index (χ1n) is 10.5. The Kier molecular flexibility index (Phi) is 13.9. The summed E-state index contributed by atoms with van der Waals surface area (Å²) in [5.74, 6) is 3.13. The predicted molar refractivity (Wildman–Crippen MR) is 131 cm³/mol. The molecule has 0 unspecified atom stereocenters. The molecule has 0 saturated carbocycles. The Bertz CT molecular complexity index is 624. The molecule has 0 atom stereocenters. The summed E-state index contributed by atoms with van der Waals surface area (Å²) in [5.41, 5.74) is 1.08. The molecular formula is C22H38IN3O4. The summed E-state index contributed by atoms with van der Waals surface area (Å²) in [4.78, 5) is 6.86. The van der Waals surface area contributed by atoms with Crippen LogP contribution in [0.3, 0.4) is 0 Å². The third-order valence-corrected chi connectivity index (χ3v) is 5.00. The fraction of sp³-hybridized carbons (Fsp3) is 0.682. The van der Waals surface area contributed by atoms with Crippen LogP contribution in [0.1, 0.15) is 31.7 Å². The van der Waals surface area contributed by atoms with Gasteiger partial charge in [-0.2, -0.15) is 0 Å². The first-order valence-corrected chi connectivity index (χ1v) is 10.5. The lowest BCUT2D eigenvalue weighted by molar-refractivity contribution is 0.0205. The normalized spacial score (nSPS) is 14.7. The molecule has 30 heavy (non-hydrogen) atoms. The highest BCUT2D eigenvalue weighted by Crippen LogP contribution is 2.25. The average molecular weight is 535 g/mol. The van der Waals surface area contributed by atoms with Crippen LogP contribution in [-0.4, -0.2) is 71.6 Å². The van der Waals surface area contributed by atoms with E-state index < -0.39 is 0 Å². The summed E-state index contributed by atoms with van der Waals surface area (Å²) in [5, 5.41) is 3.36. The molecule has 1 aliphatic heterocycles. The van der Waals surface area contributed by atoms with Crippen LogP contribution < -0.4 is 14.8 Å². The molecule has 1 fully saturated rings.